The Morgan fingerprint density at radius 1 is 1.04 bits per heavy atom. The Balaban J connectivity index is 2.06. The van der Waals surface area contributed by atoms with Gasteiger partial charge in [-0.05, 0) is 51.4 Å². The Bertz CT molecular complexity index is 804. The molecule has 154 valence electrons. The van der Waals surface area contributed by atoms with Crippen LogP contribution in [0.25, 0.3) is 0 Å². The van der Waals surface area contributed by atoms with Gasteiger partial charge in [0.1, 0.15) is 0 Å². The molecular weight excluding hydrogens is 368 g/mol. The Morgan fingerprint density at radius 3 is 2.21 bits per heavy atom. The molecule has 0 unspecified atom stereocenters. The Labute approximate surface area is 161 Å². The van der Waals surface area contributed by atoms with Crippen LogP contribution >= 0.6 is 0 Å². The molecule has 4 aliphatic carbocycles. The highest BCUT2D eigenvalue weighted by atomic mass is 16.4. The molecule has 3 fully saturated rings. The van der Waals surface area contributed by atoms with Crippen LogP contribution in [0.3, 0.4) is 0 Å². The van der Waals surface area contributed by atoms with E-state index in [1.165, 1.54) is 6.92 Å². The van der Waals surface area contributed by atoms with Gasteiger partial charge in [-0.2, -0.15) is 0 Å². The van der Waals surface area contributed by atoms with Gasteiger partial charge in [-0.15, -0.1) is 0 Å². The number of aliphatic carboxylic acids is 3. The largest absolute Gasteiger partial charge is 0.481 e. The summed E-state index contributed by atoms with van der Waals surface area (Å²) in [5, 5.41) is 51.7. The molecule has 0 aromatic rings. The van der Waals surface area contributed by atoms with Gasteiger partial charge < -0.3 is 25.5 Å². The van der Waals surface area contributed by atoms with Gasteiger partial charge in [0, 0.05) is 11.3 Å². The highest BCUT2D eigenvalue weighted by molar-refractivity contribution is 5.86. The summed E-state index contributed by atoms with van der Waals surface area (Å²) < 4.78 is 0. The summed E-state index contributed by atoms with van der Waals surface area (Å²) in [5.74, 6) is -7.02. The van der Waals surface area contributed by atoms with Crippen LogP contribution in [0.15, 0.2) is 11.6 Å². The summed E-state index contributed by atoms with van der Waals surface area (Å²) in [4.78, 5) is 37.5. The zero-order valence-corrected chi connectivity index (χ0v) is 15.8. The number of hydrogen-bond donors (Lipinski definition) is 5. The molecule has 0 radical (unpaired) electrons. The molecule has 0 heterocycles. The number of carbonyl (C=O) groups is 3. The zero-order chi connectivity index (χ0) is 20.8. The maximum atomic E-state index is 12.7. The lowest BCUT2D eigenvalue weighted by Gasteiger charge is -2.53. The lowest BCUT2D eigenvalue weighted by Crippen LogP contribution is -2.65. The van der Waals surface area contributed by atoms with Crippen LogP contribution in [0.1, 0.15) is 39.5 Å². The van der Waals surface area contributed by atoms with Gasteiger partial charge in [0.05, 0.1) is 29.0 Å². The van der Waals surface area contributed by atoms with E-state index in [4.69, 9.17) is 0 Å². The molecule has 9 atom stereocenters. The van der Waals surface area contributed by atoms with Crippen molar-refractivity contribution in [2.75, 3.05) is 0 Å². The fourth-order valence-electron chi connectivity index (χ4n) is 7.59. The van der Waals surface area contributed by atoms with Crippen LogP contribution < -0.4 is 0 Å². The third-order valence-electron chi connectivity index (χ3n) is 8.58. The standard InChI is InChI=1S/C20H26O8/c1-8-5-19-6-9(8)3-4-11(19)20(17(27)28)7-10(21)14(22)18(2,16(25)26)13(20)12(19)15(23)24/h5,9-14,21-22H,3-4,6-7H2,1-2H3,(H,23,24)(H,25,26)(H,27,28)/t9-,10+,11-,12-,13-,14+,18+,19+,20-/m1/s1. The minimum absolute atomic E-state index is 0.162. The summed E-state index contributed by atoms with van der Waals surface area (Å²) >= 11 is 0. The van der Waals surface area contributed by atoms with Crippen LogP contribution in [0, 0.1) is 39.9 Å². The number of rotatable bonds is 3. The molecule has 0 aliphatic heterocycles. The summed E-state index contributed by atoms with van der Waals surface area (Å²) in [6.07, 6.45) is -0.114. The summed E-state index contributed by atoms with van der Waals surface area (Å²) in [5.41, 5.74) is -3.76. The first-order valence-corrected chi connectivity index (χ1v) is 9.69. The minimum Gasteiger partial charge on any atom is -0.481 e. The topological polar surface area (TPSA) is 152 Å². The van der Waals surface area contributed by atoms with E-state index in [2.05, 4.69) is 0 Å². The average Bonchev–Trinajstić information content (AvgIpc) is 3.01. The van der Waals surface area contributed by atoms with E-state index in [9.17, 15) is 39.9 Å². The lowest BCUT2D eigenvalue weighted by molar-refractivity contribution is -0.211. The summed E-state index contributed by atoms with van der Waals surface area (Å²) in [7, 11) is 0. The van der Waals surface area contributed by atoms with Crippen molar-refractivity contribution < 1.29 is 39.9 Å². The molecule has 28 heavy (non-hydrogen) atoms. The molecule has 8 heteroatoms. The highest BCUT2D eigenvalue weighted by Gasteiger charge is 2.80. The van der Waals surface area contributed by atoms with Crippen LogP contribution in [0.4, 0.5) is 0 Å². The first-order chi connectivity index (χ1) is 12.9. The molecule has 1 spiro atoms. The van der Waals surface area contributed by atoms with E-state index in [-0.39, 0.29) is 12.3 Å². The van der Waals surface area contributed by atoms with E-state index in [1.807, 2.05) is 13.0 Å². The predicted molar refractivity (Wildman–Crippen MR) is 94.1 cm³/mol. The van der Waals surface area contributed by atoms with E-state index in [0.717, 1.165) is 5.57 Å². The third kappa shape index (κ3) is 1.90. The van der Waals surface area contributed by atoms with Crippen LogP contribution in [0.2, 0.25) is 0 Å². The number of aliphatic hydroxyl groups is 2. The van der Waals surface area contributed by atoms with Gasteiger partial charge in [0.15, 0.2) is 0 Å². The second kappa shape index (κ2) is 5.57. The molecule has 5 N–H and O–H groups in total. The van der Waals surface area contributed by atoms with E-state index < -0.39 is 64.1 Å². The minimum atomic E-state index is -2.09. The number of allylic oxidation sites excluding steroid dienone is 2. The molecular formula is C20H26O8. The monoisotopic (exact) mass is 394 g/mol. The molecule has 4 rings (SSSR count). The zero-order valence-electron chi connectivity index (χ0n) is 15.8. The van der Waals surface area contributed by atoms with Crippen molar-refractivity contribution in [3.8, 4) is 0 Å². The van der Waals surface area contributed by atoms with Crippen molar-refractivity contribution in [3.63, 3.8) is 0 Å². The van der Waals surface area contributed by atoms with Crippen LogP contribution in [0.5, 0.6) is 0 Å². The third-order valence-corrected chi connectivity index (χ3v) is 8.58. The van der Waals surface area contributed by atoms with Gasteiger partial charge in [-0.1, -0.05) is 11.6 Å². The molecule has 8 nitrogen and oxygen atoms in total. The van der Waals surface area contributed by atoms with Gasteiger partial charge in [0.2, 0.25) is 0 Å². The summed E-state index contributed by atoms with van der Waals surface area (Å²) in [6.45, 7) is 3.11. The van der Waals surface area contributed by atoms with E-state index >= 15 is 0 Å². The van der Waals surface area contributed by atoms with Crippen molar-refractivity contribution in [1.29, 1.82) is 0 Å². The fraction of sp³-hybridized carbons (Fsp3) is 0.750. The first-order valence-electron chi connectivity index (χ1n) is 9.69. The first kappa shape index (κ1) is 19.4. The predicted octanol–water partition coefficient (Wildman–Crippen LogP) is 0.967. The second-order valence-corrected chi connectivity index (χ2v) is 9.47. The highest BCUT2D eigenvalue weighted by Crippen LogP contribution is 2.76. The molecule has 0 amide bonds. The van der Waals surface area contributed by atoms with Crippen molar-refractivity contribution >= 4 is 17.9 Å². The number of fused-ring (bicyclic) bond motifs is 3. The normalized spacial score (nSPS) is 51.8. The summed E-state index contributed by atoms with van der Waals surface area (Å²) in [6, 6.07) is 0. The maximum absolute atomic E-state index is 12.7. The molecule has 3 saturated carbocycles. The van der Waals surface area contributed by atoms with Crippen molar-refractivity contribution in [3.05, 3.63) is 11.6 Å². The van der Waals surface area contributed by atoms with Crippen molar-refractivity contribution in [2.24, 2.45) is 39.9 Å². The average molecular weight is 394 g/mol. The Kier molecular flexibility index (Phi) is 3.86. The SMILES string of the molecule is CC1=C[C@]23C[C@H]1CC[C@H]2[C@]1(C(=O)O)C[C@H](O)[C@H](O)[C@@](C)(C(=O)O)[C@H]1[C@@H]3C(=O)O. The Morgan fingerprint density at radius 2 is 1.68 bits per heavy atom. The number of hydrogen-bond acceptors (Lipinski definition) is 5. The smallest absolute Gasteiger partial charge is 0.312 e. The van der Waals surface area contributed by atoms with E-state index in [0.29, 0.717) is 19.3 Å². The fourth-order valence-corrected chi connectivity index (χ4v) is 7.59. The molecule has 4 aliphatic rings. The quantitative estimate of drug-likeness (QED) is 0.444. The lowest BCUT2D eigenvalue weighted by atomic mass is 9.50. The molecule has 0 aromatic carbocycles. The van der Waals surface area contributed by atoms with Gasteiger partial charge in [0.25, 0.3) is 0 Å². The number of carboxylic acid groups (broad SMARTS) is 3. The number of aliphatic hydroxyl groups excluding tert-OH is 2. The van der Waals surface area contributed by atoms with Crippen LogP contribution in [-0.2, 0) is 14.4 Å². The van der Waals surface area contributed by atoms with Gasteiger partial charge >= 0.3 is 17.9 Å². The second-order valence-electron chi connectivity index (χ2n) is 9.47. The van der Waals surface area contributed by atoms with Crippen LogP contribution in [-0.4, -0.2) is 55.6 Å². The van der Waals surface area contributed by atoms with Crippen molar-refractivity contribution in [2.45, 2.75) is 51.7 Å². The maximum Gasteiger partial charge on any atom is 0.312 e. The van der Waals surface area contributed by atoms with Gasteiger partial charge in [-0.3, -0.25) is 14.4 Å². The molecule has 2 bridgehead atoms. The van der Waals surface area contributed by atoms with Crippen molar-refractivity contribution in [1.82, 2.24) is 0 Å². The molecule has 0 aromatic heterocycles. The number of carboxylic acids is 3. The molecule has 0 saturated heterocycles. The van der Waals surface area contributed by atoms with E-state index in [1.54, 1.807) is 0 Å². The Hall–Kier alpha value is -1.93. The van der Waals surface area contributed by atoms with Gasteiger partial charge in [-0.25, -0.2) is 0 Å².